The minimum atomic E-state index is -2.93. The van der Waals surface area contributed by atoms with E-state index in [4.69, 9.17) is 4.74 Å². The first-order valence-corrected chi connectivity index (χ1v) is 9.06. The van der Waals surface area contributed by atoms with Gasteiger partial charge in [-0.1, -0.05) is 48.5 Å². The lowest BCUT2D eigenvalue weighted by atomic mass is 10.0. The number of alkyl halides is 2. The number of carbonyl (C=O) groups is 1. The molecule has 1 amide bonds. The van der Waals surface area contributed by atoms with E-state index < -0.39 is 6.61 Å². The van der Waals surface area contributed by atoms with Crippen LogP contribution in [-0.4, -0.2) is 19.6 Å². The molecule has 150 valence electrons. The van der Waals surface area contributed by atoms with Crippen molar-refractivity contribution in [2.24, 2.45) is 0 Å². The average Bonchev–Trinajstić information content (AvgIpc) is 2.71. The van der Waals surface area contributed by atoms with Crippen LogP contribution in [0.5, 0.6) is 5.75 Å². The standard InChI is InChI=1S/C23H21F2NO3/c1-28-15-17-9-5-6-10-20(17)22(27)26-19-11-12-21(29-23(24)25)18(14-19)13-16-7-3-2-4-8-16/h2-12,14,23H,13,15H2,1H3,(H,26,27). The molecule has 0 aliphatic carbocycles. The Labute approximate surface area is 168 Å². The van der Waals surface area contributed by atoms with E-state index in [1.807, 2.05) is 42.5 Å². The van der Waals surface area contributed by atoms with Crippen molar-refractivity contribution in [1.82, 2.24) is 0 Å². The molecule has 1 N–H and O–H groups in total. The molecule has 0 saturated carbocycles. The number of halogens is 2. The number of ether oxygens (including phenoxy) is 2. The maximum Gasteiger partial charge on any atom is 0.387 e. The van der Waals surface area contributed by atoms with Crippen LogP contribution in [0, 0.1) is 0 Å². The highest BCUT2D eigenvalue weighted by Gasteiger charge is 2.14. The number of anilines is 1. The molecule has 0 fully saturated rings. The maximum absolute atomic E-state index is 12.8. The van der Waals surface area contributed by atoms with Gasteiger partial charge in [-0.2, -0.15) is 8.78 Å². The second-order valence-corrected chi connectivity index (χ2v) is 6.41. The summed E-state index contributed by atoms with van der Waals surface area (Å²) in [5, 5.41) is 2.83. The highest BCUT2D eigenvalue weighted by atomic mass is 19.3. The Kier molecular flexibility index (Phi) is 6.92. The second-order valence-electron chi connectivity index (χ2n) is 6.41. The van der Waals surface area contributed by atoms with Gasteiger partial charge < -0.3 is 14.8 Å². The molecule has 3 aromatic carbocycles. The predicted molar refractivity (Wildman–Crippen MR) is 107 cm³/mol. The van der Waals surface area contributed by atoms with Crippen LogP contribution in [-0.2, 0) is 17.8 Å². The van der Waals surface area contributed by atoms with Crippen LogP contribution >= 0.6 is 0 Å². The van der Waals surface area contributed by atoms with Gasteiger partial charge in [0.15, 0.2) is 0 Å². The molecule has 0 radical (unpaired) electrons. The van der Waals surface area contributed by atoms with Gasteiger partial charge in [0, 0.05) is 30.3 Å². The van der Waals surface area contributed by atoms with Crippen LogP contribution in [0.3, 0.4) is 0 Å². The van der Waals surface area contributed by atoms with Crippen molar-refractivity contribution in [1.29, 1.82) is 0 Å². The van der Waals surface area contributed by atoms with Crippen LogP contribution in [0.25, 0.3) is 0 Å². The van der Waals surface area contributed by atoms with Crippen LogP contribution in [0.1, 0.15) is 27.0 Å². The van der Waals surface area contributed by atoms with Crippen molar-refractivity contribution in [2.75, 3.05) is 12.4 Å². The van der Waals surface area contributed by atoms with Gasteiger partial charge in [0.1, 0.15) is 5.75 Å². The molecule has 6 heteroatoms. The number of methoxy groups -OCH3 is 1. The van der Waals surface area contributed by atoms with Crippen molar-refractivity contribution in [2.45, 2.75) is 19.6 Å². The molecule has 0 atom stereocenters. The Balaban J connectivity index is 1.86. The summed E-state index contributed by atoms with van der Waals surface area (Å²) in [6.07, 6.45) is 0.396. The molecule has 4 nitrogen and oxygen atoms in total. The molecule has 0 aliphatic rings. The van der Waals surface area contributed by atoms with Gasteiger partial charge >= 0.3 is 6.61 Å². The molecule has 29 heavy (non-hydrogen) atoms. The van der Waals surface area contributed by atoms with Gasteiger partial charge in [-0.25, -0.2) is 0 Å². The SMILES string of the molecule is COCc1ccccc1C(=O)Nc1ccc(OC(F)F)c(Cc2ccccc2)c1. The average molecular weight is 397 g/mol. The van der Waals surface area contributed by atoms with Gasteiger partial charge in [0.2, 0.25) is 0 Å². The summed E-state index contributed by atoms with van der Waals surface area (Å²) in [6.45, 7) is -2.62. The Hall–Kier alpha value is -3.25. The predicted octanol–water partition coefficient (Wildman–Crippen LogP) is 5.28. The first-order valence-electron chi connectivity index (χ1n) is 9.06. The first-order chi connectivity index (χ1) is 14.1. The number of benzene rings is 3. The van der Waals surface area contributed by atoms with Gasteiger partial charge in [0.05, 0.1) is 6.61 Å². The van der Waals surface area contributed by atoms with E-state index in [-0.39, 0.29) is 11.7 Å². The number of rotatable bonds is 8. The van der Waals surface area contributed by atoms with Crippen molar-refractivity contribution < 1.29 is 23.0 Å². The number of amides is 1. The molecule has 0 spiro atoms. The normalized spacial score (nSPS) is 10.8. The lowest BCUT2D eigenvalue weighted by molar-refractivity contribution is -0.0503. The van der Waals surface area contributed by atoms with E-state index in [0.29, 0.717) is 29.8 Å². The zero-order valence-corrected chi connectivity index (χ0v) is 15.9. The lowest BCUT2D eigenvalue weighted by Crippen LogP contribution is -2.15. The Morgan fingerprint density at radius 3 is 2.41 bits per heavy atom. The fourth-order valence-electron chi connectivity index (χ4n) is 3.04. The Morgan fingerprint density at radius 1 is 0.966 bits per heavy atom. The van der Waals surface area contributed by atoms with Crippen molar-refractivity contribution in [3.63, 3.8) is 0 Å². The van der Waals surface area contributed by atoms with Crippen LogP contribution in [0.2, 0.25) is 0 Å². The minimum Gasteiger partial charge on any atom is -0.435 e. The Morgan fingerprint density at radius 2 is 1.69 bits per heavy atom. The number of nitrogens with one attached hydrogen (secondary N) is 1. The third-order valence-electron chi connectivity index (χ3n) is 4.33. The summed E-state index contributed by atoms with van der Waals surface area (Å²) >= 11 is 0. The zero-order chi connectivity index (χ0) is 20.6. The van der Waals surface area contributed by atoms with E-state index in [2.05, 4.69) is 10.1 Å². The summed E-state index contributed by atoms with van der Waals surface area (Å²) in [5.74, 6) is -0.215. The minimum absolute atomic E-state index is 0.0848. The molecular weight excluding hydrogens is 376 g/mol. The zero-order valence-electron chi connectivity index (χ0n) is 15.9. The molecule has 0 heterocycles. The van der Waals surface area contributed by atoms with E-state index in [9.17, 15) is 13.6 Å². The fraction of sp³-hybridized carbons (Fsp3) is 0.174. The third-order valence-corrected chi connectivity index (χ3v) is 4.33. The van der Waals surface area contributed by atoms with Crippen LogP contribution in [0.15, 0.2) is 72.8 Å². The summed E-state index contributed by atoms with van der Waals surface area (Å²) in [6, 6.07) is 21.2. The van der Waals surface area contributed by atoms with E-state index in [0.717, 1.165) is 11.1 Å². The largest absolute Gasteiger partial charge is 0.435 e. The molecular formula is C23H21F2NO3. The lowest BCUT2D eigenvalue weighted by Gasteiger charge is -2.14. The summed E-state index contributed by atoms with van der Waals surface area (Å²) in [4.78, 5) is 12.7. The maximum atomic E-state index is 12.8. The number of hydrogen-bond acceptors (Lipinski definition) is 3. The van der Waals surface area contributed by atoms with E-state index >= 15 is 0 Å². The molecule has 0 unspecified atom stereocenters. The van der Waals surface area contributed by atoms with Gasteiger partial charge in [0.25, 0.3) is 5.91 Å². The van der Waals surface area contributed by atoms with E-state index in [1.54, 1.807) is 31.4 Å². The number of carbonyl (C=O) groups excluding carboxylic acids is 1. The van der Waals surface area contributed by atoms with Gasteiger partial charge in [-0.05, 0) is 35.4 Å². The molecule has 3 aromatic rings. The summed E-state index contributed by atoms with van der Waals surface area (Å²) < 4.78 is 35.4. The van der Waals surface area contributed by atoms with Crippen LogP contribution < -0.4 is 10.1 Å². The van der Waals surface area contributed by atoms with Crippen molar-refractivity contribution in [3.05, 3.63) is 95.1 Å². The second kappa shape index (κ2) is 9.80. The Bertz CT molecular complexity index is 961. The van der Waals surface area contributed by atoms with E-state index in [1.165, 1.54) is 6.07 Å². The quantitative estimate of drug-likeness (QED) is 0.563. The molecule has 0 saturated heterocycles. The van der Waals surface area contributed by atoms with Crippen molar-refractivity contribution in [3.8, 4) is 5.75 Å². The smallest absolute Gasteiger partial charge is 0.387 e. The highest BCUT2D eigenvalue weighted by Crippen LogP contribution is 2.27. The van der Waals surface area contributed by atoms with Gasteiger partial charge in [-0.3, -0.25) is 4.79 Å². The topological polar surface area (TPSA) is 47.6 Å². The monoisotopic (exact) mass is 397 g/mol. The first kappa shape index (κ1) is 20.5. The molecule has 0 aliphatic heterocycles. The summed E-state index contributed by atoms with van der Waals surface area (Å²) in [5.41, 5.74) is 3.25. The fourth-order valence-corrected chi connectivity index (χ4v) is 3.04. The van der Waals surface area contributed by atoms with Crippen molar-refractivity contribution >= 4 is 11.6 Å². The highest BCUT2D eigenvalue weighted by molar-refractivity contribution is 6.05. The molecule has 0 aromatic heterocycles. The van der Waals surface area contributed by atoms with Gasteiger partial charge in [-0.15, -0.1) is 0 Å². The molecule has 0 bridgehead atoms. The van der Waals surface area contributed by atoms with Crippen LogP contribution in [0.4, 0.5) is 14.5 Å². The summed E-state index contributed by atoms with van der Waals surface area (Å²) in [7, 11) is 1.56. The third kappa shape index (κ3) is 5.62. The number of hydrogen-bond donors (Lipinski definition) is 1. The molecule has 3 rings (SSSR count).